The molecule has 26 heavy (non-hydrogen) atoms. The molecule has 0 aliphatic carbocycles. The molecule has 1 saturated heterocycles. The van der Waals surface area contributed by atoms with E-state index in [-0.39, 0.29) is 17.4 Å². The quantitative estimate of drug-likeness (QED) is 0.866. The number of rotatable bonds is 4. The van der Waals surface area contributed by atoms with Crippen molar-refractivity contribution in [3.8, 4) is 5.75 Å². The molecule has 2 N–H and O–H groups in total. The summed E-state index contributed by atoms with van der Waals surface area (Å²) in [6.45, 7) is 3.43. The van der Waals surface area contributed by atoms with E-state index in [1.807, 2.05) is 0 Å². The van der Waals surface area contributed by atoms with Gasteiger partial charge >= 0.3 is 6.36 Å². The highest BCUT2D eigenvalue weighted by molar-refractivity contribution is 6.04. The number of amides is 1. The maximum Gasteiger partial charge on any atom is 0.573 e. The summed E-state index contributed by atoms with van der Waals surface area (Å²) in [4.78, 5) is 12.5. The van der Waals surface area contributed by atoms with Gasteiger partial charge in [0.25, 0.3) is 5.91 Å². The highest BCUT2D eigenvalue weighted by Gasteiger charge is 2.32. The van der Waals surface area contributed by atoms with Gasteiger partial charge in [-0.15, -0.1) is 18.3 Å². The molecule has 140 valence electrons. The van der Waals surface area contributed by atoms with Crippen molar-refractivity contribution >= 4 is 11.6 Å². The Kier molecular flexibility index (Phi) is 5.12. The third kappa shape index (κ3) is 4.13. The molecular formula is C16H18F3N5O2. The smallest absolute Gasteiger partial charge is 0.404 e. The topological polar surface area (TPSA) is 81.1 Å². The number of halogens is 3. The number of hydrogen-bond acceptors (Lipinski definition) is 5. The van der Waals surface area contributed by atoms with E-state index in [9.17, 15) is 18.0 Å². The zero-order valence-electron chi connectivity index (χ0n) is 14.0. The number of ether oxygens (including phenoxy) is 1. The summed E-state index contributed by atoms with van der Waals surface area (Å²) in [5.74, 6) is -1.13. The van der Waals surface area contributed by atoms with Gasteiger partial charge in [0.1, 0.15) is 0 Å². The first kappa shape index (κ1) is 18.2. The van der Waals surface area contributed by atoms with Gasteiger partial charge < -0.3 is 15.4 Å². The summed E-state index contributed by atoms with van der Waals surface area (Å²) in [5, 5.41) is 13.6. The van der Waals surface area contributed by atoms with Crippen LogP contribution in [0, 0.1) is 6.92 Å². The summed E-state index contributed by atoms with van der Waals surface area (Å²) in [7, 11) is 0. The molecule has 0 atom stereocenters. The number of nitrogens with one attached hydrogen (secondary N) is 2. The second-order valence-electron chi connectivity index (χ2n) is 5.95. The molecule has 0 radical (unpaired) electrons. The Labute approximate surface area is 147 Å². The average molecular weight is 369 g/mol. The van der Waals surface area contributed by atoms with E-state index in [4.69, 9.17) is 0 Å². The molecule has 1 aliphatic heterocycles. The molecule has 0 unspecified atom stereocenters. The summed E-state index contributed by atoms with van der Waals surface area (Å²) >= 11 is 0. The van der Waals surface area contributed by atoms with Crippen molar-refractivity contribution in [1.82, 2.24) is 20.3 Å². The number of alkyl halides is 3. The van der Waals surface area contributed by atoms with Crippen LogP contribution in [0.2, 0.25) is 0 Å². The minimum Gasteiger partial charge on any atom is -0.404 e. The fourth-order valence-corrected chi connectivity index (χ4v) is 2.91. The van der Waals surface area contributed by atoms with Crippen LogP contribution in [0.15, 0.2) is 24.3 Å². The standard InChI is InChI=1S/C16H18F3N5O2/c1-10-14(22-23-24(10)11-6-8-20-9-7-11)15(25)21-12-4-2-3-5-13(12)26-16(17,18)19/h2-5,11,20H,6-9H2,1H3,(H,21,25). The van der Waals surface area contributed by atoms with Crippen LogP contribution in [0.4, 0.5) is 18.9 Å². The molecule has 1 aromatic carbocycles. The van der Waals surface area contributed by atoms with E-state index in [1.165, 1.54) is 18.2 Å². The molecule has 1 aromatic heterocycles. The van der Waals surface area contributed by atoms with Gasteiger partial charge in [-0.1, -0.05) is 17.3 Å². The summed E-state index contributed by atoms with van der Waals surface area (Å²) in [6.07, 6.45) is -3.12. The van der Waals surface area contributed by atoms with Crippen molar-refractivity contribution in [3.63, 3.8) is 0 Å². The first-order chi connectivity index (χ1) is 12.3. The van der Waals surface area contributed by atoms with Gasteiger partial charge in [0, 0.05) is 0 Å². The van der Waals surface area contributed by atoms with Gasteiger partial charge in [-0.05, 0) is 45.0 Å². The summed E-state index contributed by atoms with van der Waals surface area (Å²) in [5.41, 5.74) is 0.555. The number of benzene rings is 1. The predicted molar refractivity (Wildman–Crippen MR) is 87.0 cm³/mol. The molecule has 2 aromatic rings. The van der Waals surface area contributed by atoms with E-state index >= 15 is 0 Å². The maximum absolute atomic E-state index is 12.5. The van der Waals surface area contributed by atoms with Crippen molar-refractivity contribution in [3.05, 3.63) is 35.7 Å². The second kappa shape index (κ2) is 7.32. The minimum atomic E-state index is -4.85. The Hall–Kier alpha value is -2.62. The second-order valence-corrected chi connectivity index (χ2v) is 5.95. The number of hydrogen-bond donors (Lipinski definition) is 2. The van der Waals surface area contributed by atoms with Crippen LogP contribution >= 0.6 is 0 Å². The number of aromatic nitrogens is 3. The van der Waals surface area contributed by atoms with E-state index in [2.05, 4.69) is 25.7 Å². The number of piperidine rings is 1. The molecule has 3 rings (SSSR count). The zero-order valence-corrected chi connectivity index (χ0v) is 14.0. The van der Waals surface area contributed by atoms with Crippen LogP contribution in [0.25, 0.3) is 0 Å². The lowest BCUT2D eigenvalue weighted by molar-refractivity contribution is -0.274. The van der Waals surface area contributed by atoms with Crippen molar-refractivity contribution < 1.29 is 22.7 Å². The number of carbonyl (C=O) groups excluding carboxylic acids is 1. The van der Waals surface area contributed by atoms with E-state index in [0.717, 1.165) is 32.0 Å². The molecule has 7 nitrogen and oxygen atoms in total. The van der Waals surface area contributed by atoms with Gasteiger partial charge in [-0.25, -0.2) is 4.68 Å². The number of anilines is 1. The number of carbonyl (C=O) groups is 1. The molecule has 1 aliphatic rings. The fraction of sp³-hybridized carbons (Fsp3) is 0.438. The summed E-state index contributed by atoms with van der Waals surface area (Å²) < 4.78 is 43.1. The highest BCUT2D eigenvalue weighted by Crippen LogP contribution is 2.30. The summed E-state index contributed by atoms with van der Waals surface area (Å²) in [6, 6.07) is 5.48. The third-order valence-corrected chi connectivity index (χ3v) is 4.16. The van der Waals surface area contributed by atoms with Gasteiger partial charge in [0.2, 0.25) is 0 Å². The lowest BCUT2D eigenvalue weighted by Gasteiger charge is -2.23. The predicted octanol–water partition coefficient (Wildman–Crippen LogP) is 2.66. The average Bonchev–Trinajstić information content (AvgIpc) is 2.98. The molecule has 10 heteroatoms. The highest BCUT2D eigenvalue weighted by atomic mass is 19.4. The normalized spacial score (nSPS) is 15.7. The number of para-hydroxylation sites is 2. The molecule has 1 fully saturated rings. The monoisotopic (exact) mass is 369 g/mol. The lowest BCUT2D eigenvalue weighted by Crippen LogP contribution is -2.30. The van der Waals surface area contributed by atoms with Crippen LogP contribution in [-0.2, 0) is 0 Å². The minimum absolute atomic E-state index is 0.0744. The van der Waals surface area contributed by atoms with Crippen molar-refractivity contribution in [1.29, 1.82) is 0 Å². The van der Waals surface area contributed by atoms with Gasteiger partial charge in [-0.3, -0.25) is 4.79 Å². The van der Waals surface area contributed by atoms with Crippen LogP contribution in [0.5, 0.6) is 5.75 Å². The van der Waals surface area contributed by atoms with Crippen LogP contribution in [-0.4, -0.2) is 40.4 Å². The van der Waals surface area contributed by atoms with E-state index in [1.54, 1.807) is 11.6 Å². The van der Waals surface area contributed by atoms with Gasteiger partial charge in [0.15, 0.2) is 11.4 Å². The first-order valence-corrected chi connectivity index (χ1v) is 8.14. The first-order valence-electron chi connectivity index (χ1n) is 8.14. The zero-order chi connectivity index (χ0) is 18.7. The molecule has 0 bridgehead atoms. The Morgan fingerprint density at radius 2 is 2.00 bits per heavy atom. The lowest BCUT2D eigenvalue weighted by atomic mass is 10.1. The third-order valence-electron chi connectivity index (χ3n) is 4.16. The maximum atomic E-state index is 12.5. The van der Waals surface area contributed by atoms with Crippen molar-refractivity contribution in [2.45, 2.75) is 32.2 Å². The fourth-order valence-electron chi connectivity index (χ4n) is 2.91. The van der Waals surface area contributed by atoms with Crippen LogP contribution in [0.1, 0.15) is 35.1 Å². The Balaban J connectivity index is 1.78. The van der Waals surface area contributed by atoms with Gasteiger partial charge in [-0.2, -0.15) is 0 Å². The Bertz CT molecular complexity index is 784. The largest absolute Gasteiger partial charge is 0.573 e. The van der Waals surface area contributed by atoms with Crippen LogP contribution in [0.3, 0.4) is 0 Å². The Morgan fingerprint density at radius 3 is 2.69 bits per heavy atom. The number of nitrogens with zero attached hydrogens (tertiary/aromatic N) is 3. The molecular weight excluding hydrogens is 351 g/mol. The van der Waals surface area contributed by atoms with Crippen molar-refractivity contribution in [2.24, 2.45) is 0 Å². The molecule has 0 saturated carbocycles. The van der Waals surface area contributed by atoms with E-state index < -0.39 is 18.0 Å². The molecule has 1 amide bonds. The van der Waals surface area contributed by atoms with E-state index in [0.29, 0.717) is 5.69 Å². The SMILES string of the molecule is Cc1c(C(=O)Nc2ccccc2OC(F)(F)F)nnn1C1CCNCC1. The molecule has 2 heterocycles. The molecule has 0 spiro atoms. The van der Waals surface area contributed by atoms with Crippen LogP contribution < -0.4 is 15.4 Å². The van der Waals surface area contributed by atoms with Crippen molar-refractivity contribution in [2.75, 3.05) is 18.4 Å². The Morgan fingerprint density at radius 1 is 1.31 bits per heavy atom. The van der Waals surface area contributed by atoms with Gasteiger partial charge in [0.05, 0.1) is 17.4 Å².